The number of hydrazone groups is 1. The lowest BCUT2D eigenvalue weighted by Crippen LogP contribution is -2.22. The molecule has 0 saturated heterocycles. The predicted molar refractivity (Wildman–Crippen MR) is 81.8 cm³/mol. The molecule has 2 rings (SSSR count). The average molecular weight is 284 g/mol. The summed E-state index contributed by atoms with van der Waals surface area (Å²) in [5.74, 6) is -0.481. The minimum Gasteiger partial charge on any atom is -0.479 e. The number of ether oxygens (including phenoxy) is 1. The number of hydrogen-bond donors (Lipinski definition) is 2. The molecule has 0 spiro atoms. The van der Waals surface area contributed by atoms with Crippen LogP contribution in [0.5, 0.6) is 5.75 Å². The van der Waals surface area contributed by atoms with E-state index in [0.717, 1.165) is 11.3 Å². The highest BCUT2D eigenvalue weighted by Gasteiger charge is 2.11. The van der Waals surface area contributed by atoms with Crippen LogP contribution in [0.4, 0.5) is 5.69 Å². The number of para-hydroxylation sites is 1. The van der Waals surface area contributed by atoms with Crippen molar-refractivity contribution in [3.63, 3.8) is 0 Å². The zero-order valence-electron chi connectivity index (χ0n) is 11.6. The minimum absolute atomic E-state index is 0.512. The van der Waals surface area contributed by atoms with Crippen molar-refractivity contribution < 1.29 is 14.6 Å². The van der Waals surface area contributed by atoms with E-state index in [2.05, 4.69) is 10.5 Å². The van der Waals surface area contributed by atoms with E-state index in [1.807, 2.05) is 30.3 Å². The number of aliphatic carboxylic acids is 1. The van der Waals surface area contributed by atoms with Gasteiger partial charge in [-0.2, -0.15) is 5.10 Å². The standard InChI is InChI=1S/C16H16N2O3/c1-12(16(19)20)21-15-9-7-13(8-10-15)11-17-18-14-5-3-2-4-6-14/h2-12,18H,1H3,(H,19,20)/b17-11-/t12-/m0/s1. The summed E-state index contributed by atoms with van der Waals surface area (Å²) in [6, 6.07) is 16.7. The molecule has 5 heteroatoms. The first-order chi connectivity index (χ1) is 10.1. The molecule has 2 aromatic carbocycles. The minimum atomic E-state index is -0.993. The first-order valence-corrected chi connectivity index (χ1v) is 6.49. The number of carbonyl (C=O) groups is 1. The Morgan fingerprint density at radius 1 is 1.19 bits per heavy atom. The molecular formula is C16H16N2O3. The van der Waals surface area contributed by atoms with E-state index >= 15 is 0 Å². The summed E-state index contributed by atoms with van der Waals surface area (Å²) in [7, 11) is 0. The summed E-state index contributed by atoms with van der Waals surface area (Å²) in [4.78, 5) is 10.7. The zero-order valence-corrected chi connectivity index (χ0v) is 11.6. The normalized spacial score (nSPS) is 12.0. The van der Waals surface area contributed by atoms with Crippen LogP contribution >= 0.6 is 0 Å². The lowest BCUT2D eigenvalue weighted by atomic mass is 10.2. The molecule has 0 aromatic heterocycles. The Hall–Kier alpha value is -2.82. The molecule has 0 bridgehead atoms. The summed E-state index contributed by atoms with van der Waals surface area (Å²) in [6.07, 6.45) is 0.807. The van der Waals surface area contributed by atoms with Gasteiger partial charge in [0, 0.05) is 0 Å². The molecule has 0 fully saturated rings. The first kappa shape index (κ1) is 14.6. The van der Waals surface area contributed by atoms with Crippen LogP contribution in [0.15, 0.2) is 59.7 Å². The fourth-order valence-electron chi connectivity index (χ4n) is 1.58. The van der Waals surface area contributed by atoms with Crippen LogP contribution in [0.1, 0.15) is 12.5 Å². The Bertz CT molecular complexity index is 609. The summed E-state index contributed by atoms with van der Waals surface area (Å²) in [5.41, 5.74) is 4.70. The number of nitrogens with zero attached hydrogens (tertiary/aromatic N) is 1. The fraction of sp³-hybridized carbons (Fsp3) is 0.125. The highest BCUT2D eigenvalue weighted by atomic mass is 16.5. The number of carboxylic acid groups (broad SMARTS) is 1. The smallest absolute Gasteiger partial charge is 0.344 e. The van der Waals surface area contributed by atoms with Gasteiger partial charge in [-0.3, -0.25) is 5.43 Å². The molecule has 21 heavy (non-hydrogen) atoms. The largest absolute Gasteiger partial charge is 0.479 e. The molecule has 0 radical (unpaired) electrons. The third-order valence-corrected chi connectivity index (χ3v) is 2.72. The van der Waals surface area contributed by atoms with Crippen molar-refractivity contribution >= 4 is 17.9 Å². The number of benzene rings is 2. The van der Waals surface area contributed by atoms with Gasteiger partial charge in [-0.1, -0.05) is 18.2 Å². The molecule has 0 heterocycles. The number of hydrogen-bond acceptors (Lipinski definition) is 4. The maximum Gasteiger partial charge on any atom is 0.344 e. The fourth-order valence-corrected chi connectivity index (χ4v) is 1.58. The molecule has 0 saturated carbocycles. The summed E-state index contributed by atoms with van der Waals surface area (Å²) < 4.78 is 5.24. The van der Waals surface area contributed by atoms with Crippen molar-refractivity contribution in [2.24, 2.45) is 5.10 Å². The molecule has 0 amide bonds. The van der Waals surface area contributed by atoms with Crippen LogP contribution in [0.2, 0.25) is 0 Å². The van der Waals surface area contributed by atoms with Gasteiger partial charge >= 0.3 is 5.97 Å². The van der Waals surface area contributed by atoms with E-state index < -0.39 is 12.1 Å². The van der Waals surface area contributed by atoms with Crippen LogP contribution in [0, 0.1) is 0 Å². The third-order valence-electron chi connectivity index (χ3n) is 2.72. The van der Waals surface area contributed by atoms with Gasteiger partial charge in [0.05, 0.1) is 11.9 Å². The zero-order chi connectivity index (χ0) is 15.1. The lowest BCUT2D eigenvalue weighted by Gasteiger charge is -2.09. The van der Waals surface area contributed by atoms with Gasteiger partial charge in [0.25, 0.3) is 0 Å². The second-order valence-electron chi connectivity index (χ2n) is 4.40. The monoisotopic (exact) mass is 284 g/mol. The number of rotatable bonds is 6. The van der Waals surface area contributed by atoms with Crippen LogP contribution in [0.3, 0.4) is 0 Å². The van der Waals surface area contributed by atoms with E-state index in [9.17, 15) is 4.79 Å². The quantitative estimate of drug-likeness (QED) is 0.632. The van der Waals surface area contributed by atoms with Gasteiger partial charge in [-0.25, -0.2) is 4.79 Å². The van der Waals surface area contributed by atoms with Crippen molar-refractivity contribution in [2.75, 3.05) is 5.43 Å². The molecule has 2 aromatic rings. The Kier molecular flexibility index (Phi) is 4.93. The number of anilines is 1. The second-order valence-corrected chi connectivity index (χ2v) is 4.40. The van der Waals surface area contributed by atoms with Crippen LogP contribution in [0.25, 0.3) is 0 Å². The molecule has 0 aliphatic heterocycles. The number of carboxylic acids is 1. The summed E-state index contributed by atoms with van der Waals surface area (Å²) >= 11 is 0. The molecule has 2 N–H and O–H groups in total. The summed E-state index contributed by atoms with van der Waals surface area (Å²) in [5, 5.41) is 12.9. The molecule has 1 atom stereocenters. The predicted octanol–water partition coefficient (Wildman–Crippen LogP) is 2.98. The van der Waals surface area contributed by atoms with Crippen LogP contribution < -0.4 is 10.2 Å². The highest BCUT2D eigenvalue weighted by Crippen LogP contribution is 2.13. The van der Waals surface area contributed by atoms with Gasteiger partial charge in [-0.05, 0) is 48.9 Å². The van der Waals surface area contributed by atoms with E-state index in [1.165, 1.54) is 6.92 Å². The lowest BCUT2D eigenvalue weighted by molar-refractivity contribution is -0.144. The van der Waals surface area contributed by atoms with Crippen molar-refractivity contribution in [3.05, 3.63) is 60.2 Å². The molecule has 5 nitrogen and oxygen atoms in total. The Morgan fingerprint density at radius 3 is 2.48 bits per heavy atom. The van der Waals surface area contributed by atoms with Gasteiger partial charge in [0.2, 0.25) is 0 Å². The van der Waals surface area contributed by atoms with Crippen molar-refractivity contribution in [2.45, 2.75) is 13.0 Å². The Balaban J connectivity index is 1.91. The molecule has 0 aliphatic rings. The number of nitrogens with one attached hydrogen (secondary N) is 1. The molecule has 0 unspecified atom stereocenters. The van der Waals surface area contributed by atoms with Crippen molar-refractivity contribution in [1.29, 1.82) is 0 Å². The average Bonchev–Trinajstić information content (AvgIpc) is 2.50. The van der Waals surface area contributed by atoms with Gasteiger partial charge in [0.15, 0.2) is 6.10 Å². The topological polar surface area (TPSA) is 70.9 Å². The second kappa shape index (κ2) is 7.09. The van der Waals surface area contributed by atoms with Crippen molar-refractivity contribution in [1.82, 2.24) is 0 Å². The Morgan fingerprint density at radius 2 is 1.86 bits per heavy atom. The van der Waals surface area contributed by atoms with E-state index in [1.54, 1.807) is 30.5 Å². The van der Waals surface area contributed by atoms with Crippen LogP contribution in [-0.2, 0) is 4.79 Å². The van der Waals surface area contributed by atoms with Gasteiger partial charge in [-0.15, -0.1) is 0 Å². The first-order valence-electron chi connectivity index (χ1n) is 6.49. The van der Waals surface area contributed by atoms with E-state index in [-0.39, 0.29) is 0 Å². The molecular weight excluding hydrogens is 268 g/mol. The highest BCUT2D eigenvalue weighted by molar-refractivity contribution is 5.80. The SMILES string of the molecule is C[C@H](Oc1ccc(/C=N\Nc2ccccc2)cc1)C(=O)O. The van der Waals surface area contributed by atoms with Crippen molar-refractivity contribution in [3.8, 4) is 5.75 Å². The van der Waals surface area contributed by atoms with E-state index in [4.69, 9.17) is 9.84 Å². The Labute approximate surface area is 122 Å². The molecule has 0 aliphatic carbocycles. The maximum atomic E-state index is 10.7. The molecule has 108 valence electrons. The summed E-state index contributed by atoms with van der Waals surface area (Å²) in [6.45, 7) is 1.49. The van der Waals surface area contributed by atoms with Gasteiger partial charge < -0.3 is 9.84 Å². The van der Waals surface area contributed by atoms with E-state index in [0.29, 0.717) is 5.75 Å². The maximum absolute atomic E-state index is 10.7. The van der Waals surface area contributed by atoms with Gasteiger partial charge in [0.1, 0.15) is 5.75 Å². The third kappa shape index (κ3) is 4.65. The van der Waals surface area contributed by atoms with Crippen LogP contribution in [-0.4, -0.2) is 23.4 Å².